The van der Waals surface area contributed by atoms with Crippen molar-refractivity contribution < 1.29 is 9.84 Å². The SMILES string of the molecule is CCN(C)CC1CCN(CC(O)COc2cccc(C)c2)C1. The Hall–Kier alpha value is -1.10. The quantitative estimate of drug-likeness (QED) is 0.797. The Balaban J connectivity index is 1.68. The zero-order valence-electron chi connectivity index (χ0n) is 14.2. The average molecular weight is 306 g/mol. The second kappa shape index (κ2) is 8.51. The normalized spacial score (nSPS) is 20.5. The molecule has 0 saturated carbocycles. The highest BCUT2D eigenvalue weighted by atomic mass is 16.5. The van der Waals surface area contributed by atoms with Crippen molar-refractivity contribution in [3.8, 4) is 5.75 Å². The Morgan fingerprint density at radius 1 is 1.45 bits per heavy atom. The molecule has 4 nitrogen and oxygen atoms in total. The smallest absolute Gasteiger partial charge is 0.119 e. The van der Waals surface area contributed by atoms with Crippen molar-refractivity contribution in [3.63, 3.8) is 0 Å². The van der Waals surface area contributed by atoms with Crippen LogP contribution in [0.1, 0.15) is 18.9 Å². The van der Waals surface area contributed by atoms with Crippen LogP contribution >= 0.6 is 0 Å². The highest BCUT2D eigenvalue weighted by Crippen LogP contribution is 2.18. The lowest BCUT2D eigenvalue weighted by atomic mass is 10.1. The standard InChI is InChI=1S/C18H30N2O2/c1-4-19(3)11-16-8-9-20(12-16)13-17(21)14-22-18-7-5-6-15(2)10-18/h5-7,10,16-17,21H,4,8-9,11-14H2,1-3H3. The van der Waals surface area contributed by atoms with Crippen LogP contribution in [0.15, 0.2) is 24.3 Å². The van der Waals surface area contributed by atoms with Gasteiger partial charge in [0.1, 0.15) is 18.5 Å². The minimum atomic E-state index is -0.428. The molecule has 1 aliphatic heterocycles. The number of aliphatic hydroxyl groups excluding tert-OH is 1. The van der Waals surface area contributed by atoms with Crippen LogP contribution in [-0.4, -0.2) is 67.4 Å². The summed E-state index contributed by atoms with van der Waals surface area (Å²) in [7, 11) is 2.17. The van der Waals surface area contributed by atoms with E-state index in [4.69, 9.17) is 4.74 Å². The molecule has 1 heterocycles. The van der Waals surface area contributed by atoms with E-state index < -0.39 is 6.10 Å². The first-order valence-corrected chi connectivity index (χ1v) is 8.35. The molecule has 4 heteroatoms. The van der Waals surface area contributed by atoms with Gasteiger partial charge in [-0.25, -0.2) is 0 Å². The topological polar surface area (TPSA) is 35.9 Å². The molecule has 124 valence electrons. The first-order valence-electron chi connectivity index (χ1n) is 8.35. The van der Waals surface area contributed by atoms with E-state index in [0.29, 0.717) is 13.2 Å². The molecule has 0 amide bonds. The molecule has 1 fully saturated rings. The van der Waals surface area contributed by atoms with Crippen molar-refractivity contribution >= 4 is 0 Å². The minimum Gasteiger partial charge on any atom is -0.491 e. The summed E-state index contributed by atoms with van der Waals surface area (Å²) in [6.07, 6.45) is 0.804. The van der Waals surface area contributed by atoms with Crippen molar-refractivity contribution in [1.82, 2.24) is 9.80 Å². The Kier molecular flexibility index (Phi) is 6.68. The van der Waals surface area contributed by atoms with Crippen LogP contribution in [0.5, 0.6) is 5.75 Å². The predicted octanol–water partition coefficient (Wildman–Crippen LogP) is 2.01. The Morgan fingerprint density at radius 3 is 3.00 bits per heavy atom. The van der Waals surface area contributed by atoms with Gasteiger partial charge in [0.05, 0.1) is 0 Å². The summed E-state index contributed by atoms with van der Waals surface area (Å²) in [5.74, 6) is 1.57. The van der Waals surface area contributed by atoms with Gasteiger partial charge in [-0.05, 0) is 57.1 Å². The minimum absolute atomic E-state index is 0.361. The first-order chi connectivity index (χ1) is 10.6. The van der Waals surface area contributed by atoms with Crippen molar-refractivity contribution in [2.45, 2.75) is 26.4 Å². The van der Waals surface area contributed by atoms with Gasteiger partial charge in [-0.2, -0.15) is 0 Å². The van der Waals surface area contributed by atoms with Crippen molar-refractivity contribution in [2.24, 2.45) is 5.92 Å². The molecule has 0 spiro atoms. The van der Waals surface area contributed by atoms with E-state index in [0.717, 1.165) is 37.8 Å². The maximum Gasteiger partial charge on any atom is 0.119 e. The van der Waals surface area contributed by atoms with Crippen molar-refractivity contribution in [2.75, 3.05) is 46.4 Å². The number of hydrogen-bond acceptors (Lipinski definition) is 4. The fourth-order valence-corrected chi connectivity index (χ4v) is 3.05. The zero-order chi connectivity index (χ0) is 15.9. The van der Waals surface area contributed by atoms with Crippen LogP contribution < -0.4 is 4.74 Å². The third-order valence-corrected chi connectivity index (χ3v) is 4.38. The molecule has 1 aromatic carbocycles. The number of aliphatic hydroxyl groups is 1. The van der Waals surface area contributed by atoms with Gasteiger partial charge in [-0.1, -0.05) is 19.1 Å². The average Bonchev–Trinajstić information content (AvgIpc) is 2.92. The largest absolute Gasteiger partial charge is 0.491 e. The van der Waals surface area contributed by atoms with E-state index in [1.807, 2.05) is 31.2 Å². The van der Waals surface area contributed by atoms with Crippen LogP contribution in [0.3, 0.4) is 0 Å². The van der Waals surface area contributed by atoms with Gasteiger partial charge in [0.15, 0.2) is 0 Å². The van der Waals surface area contributed by atoms with Crippen LogP contribution in [-0.2, 0) is 0 Å². The third kappa shape index (κ3) is 5.59. The number of hydrogen-bond donors (Lipinski definition) is 1. The van der Waals surface area contributed by atoms with Gasteiger partial charge >= 0.3 is 0 Å². The number of likely N-dealkylation sites (tertiary alicyclic amines) is 1. The molecule has 22 heavy (non-hydrogen) atoms. The molecule has 1 N–H and O–H groups in total. The lowest BCUT2D eigenvalue weighted by Gasteiger charge is -2.22. The summed E-state index contributed by atoms with van der Waals surface area (Å²) < 4.78 is 5.68. The van der Waals surface area contributed by atoms with Crippen LogP contribution in [0.25, 0.3) is 0 Å². The maximum absolute atomic E-state index is 10.2. The summed E-state index contributed by atoms with van der Waals surface area (Å²) in [6.45, 7) is 9.74. The monoisotopic (exact) mass is 306 g/mol. The molecule has 2 atom stereocenters. The molecule has 2 rings (SSSR count). The molecule has 1 aromatic rings. The highest BCUT2D eigenvalue weighted by molar-refractivity contribution is 5.27. The van der Waals surface area contributed by atoms with E-state index in [1.165, 1.54) is 12.0 Å². The number of ether oxygens (including phenoxy) is 1. The summed E-state index contributed by atoms with van der Waals surface area (Å²) in [4.78, 5) is 4.73. The lowest BCUT2D eigenvalue weighted by Crippen LogP contribution is -2.35. The second-order valence-corrected chi connectivity index (χ2v) is 6.55. The molecule has 0 radical (unpaired) electrons. The van der Waals surface area contributed by atoms with Crippen LogP contribution in [0.4, 0.5) is 0 Å². The van der Waals surface area contributed by atoms with Gasteiger partial charge < -0.3 is 19.6 Å². The summed E-state index contributed by atoms with van der Waals surface area (Å²) in [5, 5.41) is 10.2. The van der Waals surface area contributed by atoms with Gasteiger partial charge in [-0.15, -0.1) is 0 Å². The number of benzene rings is 1. The molecular weight excluding hydrogens is 276 g/mol. The number of nitrogens with zero attached hydrogens (tertiary/aromatic N) is 2. The fraction of sp³-hybridized carbons (Fsp3) is 0.667. The molecule has 0 bridgehead atoms. The Morgan fingerprint density at radius 2 is 2.27 bits per heavy atom. The van der Waals surface area contributed by atoms with Gasteiger partial charge in [-0.3, -0.25) is 0 Å². The highest BCUT2D eigenvalue weighted by Gasteiger charge is 2.24. The van der Waals surface area contributed by atoms with Crippen molar-refractivity contribution in [1.29, 1.82) is 0 Å². The molecule has 0 aromatic heterocycles. The molecule has 1 aliphatic rings. The van der Waals surface area contributed by atoms with E-state index in [2.05, 4.69) is 23.8 Å². The number of β-amino-alcohol motifs (C(OH)–C–C–N with tert-alkyl or cyclic N) is 1. The van der Waals surface area contributed by atoms with Crippen molar-refractivity contribution in [3.05, 3.63) is 29.8 Å². The maximum atomic E-state index is 10.2. The molecular formula is C18H30N2O2. The van der Waals surface area contributed by atoms with E-state index >= 15 is 0 Å². The Labute approximate surface area is 134 Å². The van der Waals surface area contributed by atoms with E-state index in [-0.39, 0.29) is 0 Å². The van der Waals surface area contributed by atoms with Gasteiger partial charge in [0, 0.05) is 19.6 Å². The first kappa shape index (κ1) is 17.3. The summed E-state index contributed by atoms with van der Waals surface area (Å²) in [6, 6.07) is 7.96. The van der Waals surface area contributed by atoms with E-state index in [9.17, 15) is 5.11 Å². The number of rotatable bonds is 8. The number of aryl methyl sites for hydroxylation is 1. The zero-order valence-corrected chi connectivity index (χ0v) is 14.2. The van der Waals surface area contributed by atoms with Gasteiger partial charge in [0.25, 0.3) is 0 Å². The second-order valence-electron chi connectivity index (χ2n) is 6.55. The molecule has 1 saturated heterocycles. The molecule has 0 aliphatic carbocycles. The van der Waals surface area contributed by atoms with Gasteiger partial charge in [0.2, 0.25) is 0 Å². The van der Waals surface area contributed by atoms with E-state index in [1.54, 1.807) is 0 Å². The van der Waals surface area contributed by atoms with Crippen LogP contribution in [0.2, 0.25) is 0 Å². The third-order valence-electron chi connectivity index (χ3n) is 4.38. The molecule has 2 unspecified atom stereocenters. The Bertz CT molecular complexity index is 452. The van der Waals surface area contributed by atoms with Crippen LogP contribution in [0, 0.1) is 12.8 Å². The summed E-state index contributed by atoms with van der Waals surface area (Å²) >= 11 is 0. The predicted molar refractivity (Wildman–Crippen MR) is 90.4 cm³/mol. The lowest BCUT2D eigenvalue weighted by molar-refractivity contribution is 0.0742. The summed E-state index contributed by atoms with van der Waals surface area (Å²) in [5.41, 5.74) is 1.18. The fourth-order valence-electron chi connectivity index (χ4n) is 3.05.